The molecule has 1 aliphatic carbocycles. The van der Waals surface area contributed by atoms with E-state index < -0.39 is 5.97 Å². The summed E-state index contributed by atoms with van der Waals surface area (Å²) in [4.78, 5) is 24.4. The van der Waals surface area contributed by atoms with Gasteiger partial charge >= 0.3 is 5.97 Å². The second-order valence-corrected chi connectivity index (χ2v) is 14.4. The van der Waals surface area contributed by atoms with Gasteiger partial charge in [-0.1, -0.05) is 54.1 Å². The Kier molecular flexibility index (Phi) is 8.47. The van der Waals surface area contributed by atoms with Crippen LogP contribution in [0.5, 0.6) is 0 Å². The molecule has 46 heavy (non-hydrogen) atoms. The van der Waals surface area contributed by atoms with Crippen molar-refractivity contribution in [3.63, 3.8) is 0 Å². The number of hydrogen-bond acceptors (Lipinski definition) is 11. The van der Waals surface area contributed by atoms with E-state index in [1.165, 1.54) is 43.4 Å². The molecule has 0 amide bonds. The largest absolute Gasteiger partial charge is 0.476 e. The lowest BCUT2D eigenvalue weighted by atomic mass is 9.71. The lowest BCUT2D eigenvalue weighted by Crippen LogP contribution is -2.31. The van der Waals surface area contributed by atoms with Crippen molar-refractivity contribution in [2.75, 3.05) is 30.5 Å². The number of hydrogen-bond donors (Lipinski definition) is 2. The van der Waals surface area contributed by atoms with E-state index in [1.807, 2.05) is 43.1 Å². The number of rotatable bonds is 11. The highest BCUT2D eigenvalue weighted by Gasteiger charge is 2.34. The van der Waals surface area contributed by atoms with Gasteiger partial charge in [0.2, 0.25) is 0 Å². The van der Waals surface area contributed by atoms with E-state index in [0.717, 1.165) is 70.1 Å². The molecule has 1 saturated carbocycles. The Balaban J connectivity index is 1.15. The van der Waals surface area contributed by atoms with Gasteiger partial charge in [-0.05, 0) is 63.5 Å². The molecule has 0 spiro atoms. The van der Waals surface area contributed by atoms with E-state index in [4.69, 9.17) is 9.84 Å². The maximum atomic E-state index is 12.5. The normalized spacial score (nSPS) is 15.8. The number of methoxy groups -OCH3 is 1. The lowest BCUT2D eigenvalue weighted by Gasteiger charge is -2.37. The maximum Gasteiger partial charge on any atom is 0.356 e. The fraction of sp³-hybridized carbons (Fsp3) is 0.455. The SMILES string of the molecule is COCCCC1(Cn2ncc(-c3sc(N4CCc5c4nnc(Nc4nc6ccccc6s4)c5C)nc3C(=O)O)c2C)CCCCC1. The number of carboxylic acid groups (broad SMARTS) is 1. The first-order chi connectivity index (χ1) is 22.4. The number of carboxylic acids is 1. The van der Waals surface area contributed by atoms with E-state index in [0.29, 0.717) is 28.2 Å². The number of nitrogens with one attached hydrogen (secondary N) is 1. The molecule has 5 aromatic rings. The maximum absolute atomic E-state index is 12.5. The molecule has 1 fully saturated rings. The highest BCUT2D eigenvalue weighted by Crippen LogP contribution is 2.45. The summed E-state index contributed by atoms with van der Waals surface area (Å²) < 4.78 is 8.55. The van der Waals surface area contributed by atoms with E-state index >= 15 is 0 Å². The summed E-state index contributed by atoms with van der Waals surface area (Å²) in [6.45, 7) is 6.32. The van der Waals surface area contributed by atoms with Crippen LogP contribution in [0.25, 0.3) is 20.7 Å². The van der Waals surface area contributed by atoms with Crippen molar-refractivity contribution in [3.05, 3.63) is 53.0 Å². The molecule has 0 radical (unpaired) electrons. The third-order valence-electron chi connectivity index (χ3n) is 9.53. The third-order valence-corrected chi connectivity index (χ3v) is 11.6. The second-order valence-electron chi connectivity index (χ2n) is 12.4. The van der Waals surface area contributed by atoms with Crippen LogP contribution >= 0.6 is 22.7 Å². The molecule has 5 heterocycles. The average Bonchev–Trinajstić information content (AvgIpc) is 3.84. The number of ether oxygens (including phenoxy) is 1. The van der Waals surface area contributed by atoms with Crippen LogP contribution in [0.1, 0.15) is 72.3 Å². The summed E-state index contributed by atoms with van der Waals surface area (Å²) in [6.07, 6.45) is 10.8. The van der Waals surface area contributed by atoms with E-state index in [-0.39, 0.29) is 11.1 Å². The Morgan fingerprint density at radius 3 is 2.72 bits per heavy atom. The van der Waals surface area contributed by atoms with Gasteiger partial charge < -0.3 is 20.1 Å². The van der Waals surface area contributed by atoms with Crippen LogP contribution in [0, 0.1) is 19.3 Å². The first-order valence-electron chi connectivity index (χ1n) is 15.9. The minimum absolute atomic E-state index is 0.0439. The zero-order valence-electron chi connectivity index (χ0n) is 26.4. The minimum Gasteiger partial charge on any atom is -0.476 e. The van der Waals surface area contributed by atoms with Gasteiger partial charge in [0, 0.05) is 49.2 Å². The van der Waals surface area contributed by atoms with Crippen molar-refractivity contribution in [2.24, 2.45) is 5.41 Å². The summed E-state index contributed by atoms with van der Waals surface area (Å²) in [5.74, 6) is 0.337. The fourth-order valence-electron chi connectivity index (χ4n) is 7.00. The highest BCUT2D eigenvalue weighted by molar-refractivity contribution is 7.22. The fourth-order valence-corrected chi connectivity index (χ4v) is 9.01. The van der Waals surface area contributed by atoms with Crippen LogP contribution in [0.2, 0.25) is 0 Å². The van der Waals surface area contributed by atoms with Crippen LogP contribution in [-0.4, -0.2) is 61.3 Å². The molecule has 11 nitrogen and oxygen atoms in total. The summed E-state index contributed by atoms with van der Waals surface area (Å²) in [7, 11) is 1.76. The van der Waals surface area contributed by atoms with Crippen molar-refractivity contribution < 1.29 is 14.6 Å². The number of anilines is 4. The zero-order valence-corrected chi connectivity index (χ0v) is 28.0. The van der Waals surface area contributed by atoms with Crippen LogP contribution in [0.3, 0.4) is 0 Å². The number of para-hydroxylation sites is 1. The Hall–Kier alpha value is -3.94. The number of aromatic carboxylic acids is 1. The van der Waals surface area contributed by atoms with Gasteiger partial charge in [-0.2, -0.15) is 5.10 Å². The molecular formula is C33H38N8O3S2. The number of thiazole rings is 2. The van der Waals surface area contributed by atoms with Crippen molar-refractivity contribution in [1.29, 1.82) is 0 Å². The van der Waals surface area contributed by atoms with Gasteiger partial charge in [0.05, 0.1) is 21.3 Å². The Bertz CT molecular complexity index is 1860. The molecule has 0 atom stereocenters. The molecule has 1 aromatic carbocycles. The smallest absolute Gasteiger partial charge is 0.356 e. The topological polar surface area (TPSA) is 131 Å². The van der Waals surface area contributed by atoms with E-state index in [1.54, 1.807) is 18.4 Å². The number of benzene rings is 1. The number of nitrogens with zero attached hydrogens (tertiary/aromatic N) is 7. The third kappa shape index (κ3) is 5.75. The molecule has 13 heteroatoms. The summed E-state index contributed by atoms with van der Waals surface area (Å²) in [5, 5.41) is 28.9. The van der Waals surface area contributed by atoms with Crippen molar-refractivity contribution in [2.45, 2.75) is 71.8 Å². The molecule has 0 bridgehead atoms. The van der Waals surface area contributed by atoms with Crippen molar-refractivity contribution in [3.8, 4) is 10.4 Å². The van der Waals surface area contributed by atoms with E-state index in [9.17, 15) is 9.90 Å². The number of fused-ring (bicyclic) bond motifs is 2. The van der Waals surface area contributed by atoms with Gasteiger partial charge in [0.1, 0.15) is 0 Å². The van der Waals surface area contributed by atoms with E-state index in [2.05, 4.69) is 36.2 Å². The Morgan fingerprint density at radius 1 is 1.11 bits per heavy atom. The van der Waals surface area contributed by atoms with Crippen LogP contribution in [0.4, 0.5) is 21.9 Å². The molecule has 7 rings (SSSR count). The van der Waals surface area contributed by atoms with Crippen LogP contribution in [-0.2, 0) is 17.7 Å². The first-order valence-corrected chi connectivity index (χ1v) is 17.5. The van der Waals surface area contributed by atoms with Gasteiger partial charge in [-0.15, -0.1) is 10.2 Å². The zero-order chi connectivity index (χ0) is 31.8. The Labute approximate surface area is 275 Å². The summed E-state index contributed by atoms with van der Waals surface area (Å²) in [5.41, 5.74) is 5.04. The summed E-state index contributed by atoms with van der Waals surface area (Å²) in [6, 6.07) is 8.03. The first kappa shape index (κ1) is 30.7. The van der Waals surface area contributed by atoms with Crippen LogP contribution in [0.15, 0.2) is 30.5 Å². The number of aromatic nitrogens is 6. The highest BCUT2D eigenvalue weighted by atomic mass is 32.1. The molecule has 4 aromatic heterocycles. The predicted molar refractivity (Wildman–Crippen MR) is 182 cm³/mol. The van der Waals surface area contributed by atoms with Crippen molar-refractivity contribution in [1.82, 2.24) is 29.9 Å². The second kappa shape index (κ2) is 12.7. The van der Waals surface area contributed by atoms with Crippen molar-refractivity contribution >= 4 is 60.8 Å². The average molecular weight is 659 g/mol. The summed E-state index contributed by atoms with van der Waals surface area (Å²) >= 11 is 2.96. The lowest BCUT2D eigenvalue weighted by molar-refractivity contribution is 0.0692. The monoisotopic (exact) mass is 658 g/mol. The standard InChI is InChI=1S/C33H38N8O3S2/c1-20-22-12-16-40(29(22)39-38-28(20)37-31-35-24-10-5-6-11-25(24)45-31)32-36-26(30(42)43)27(46-32)23-18-34-41(21(23)2)19-33(15-9-17-44-3)13-7-4-8-14-33/h5-6,10-11,18H,4,7-9,12-17,19H2,1-3H3,(H,42,43)(H,35,37,38). The predicted octanol–water partition coefficient (Wildman–Crippen LogP) is 7.54. The molecular weight excluding hydrogens is 621 g/mol. The molecule has 0 saturated heterocycles. The minimum atomic E-state index is -1.05. The number of carbonyl (C=O) groups is 1. The quantitative estimate of drug-likeness (QED) is 0.137. The van der Waals surface area contributed by atoms with Gasteiger partial charge in [0.25, 0.3) is 0 Å². The van der Waals surface area contributed by atoms with Gasteiger partial charge in [-0.3, -0.25) is 4.68 Å². The Morgan fingerprint density at radius 2 is 1.93 bits per heavy atom. The van der Waals surface area contributed by atoms with Crippen LogP contribution < -0.4 is 10.2 Å². The molecule has 0 unspecified atom stereocenters. The molecule has 2 N–H and O–H groups in total. The van der Waals surface area contributed by atoms with Gasteiger partial charge in [0.15, 0.2) is 27.6 Å². The van der Waals surface area contributed by atoms with Gasteiger partial charge in [-0.25, -0.2) is 14.8 Å². The molecule has 240 valence electrons. The molecule has 2 aliphatic rings. The molecule has 1 aliphatic heterocycles.